The second kappa shape index (κ2) is 13.3. The van der Waals surface area contributed by atoms with Crippen molar-refractivity contribution in [3.63, 3.8) is 0 Å². The van der Waals surface area contributed by atoms with Crippen LogP contribution in [0.4, 0.5) is 5.13 Å². The van der Waals surface area contributed by atoms with Gasteiger partial charge in [0.15, 0.2) is 21.3 Å². The maximum atomic E-state index is 12.6. The summed E-state index contributed by atoms with van der Waals surface area (Å²) >= 11 is 7.36. The SMILES string of the molecule is Cc1nc(NC(=O)CCCN[C@@H](c2ccccc2)C(O)OC2CCCC2)sc1-c1ccc(Cl)c(S(C)(=O)=O)c1. The highest BCUT2D eigenvalue weighted by Gasteiger charge is 2.26. The maximum absolute atomic E-state index is 12.6. The number of halogens is 1. The first-order valence-electron chi connectivity index (χ1n) is 13.0. The summed E-state index contributed by atoms with van der Waals surface area (Å²) in [6, 6.07) is 14.1. The third-order valence-corrected chi connectivity index (χ3v) is 9.36. The third-order valence-electron chi connectivity index (χ3n) is 6.66. The van der Waals surface area contributed by atoms with Crippen molar-refractivity contribution in [2.75, 3.05) is 18.1 Å². The number of thiazole rings is 1. The lowest BCUT2D eigenvalue weighted by atomic mass is 10.1. The Balaban J connectivity index is 1.32. The molecular weight excluding hydrogens is 558 g/mol. The molecule has 1 aliphatic carbocycles. The Morgan fingerprint density at radius 1 is 1.21 bits per heavy atom. The number of carbonyl (C=O) groups is 1. The van der Waals surface area contributed by atoms with Gasteiger partial charge >= 0.3 is 0 Å². The van der Waals surface area contributed by atoms with E-state index in [0.717, 1.165) is 42.4 Å². The molecule has 3 aromatic rings. The number of aliphatic hydroxyl groups is 1. The first-order chi connectivity index (χ1) is 18.6. The van der Waals surface area contributed by atoms with Crippen LogP contribution in [-0.2, 0) is 19.4 Å². The van der Waals surface area contributed by atoms with Crippen LogP contribution >= 0.6 is 22.9 Å². The number of amides is 1. The van der Waals surface area contributed by atoms with E-state index >= 15 is 0 Å². The zero-order valence-electron chi connectivity index (χ0n) is 22.0. The van der Waals surface area contributed by atoms with Gasteiger partial charge in [-0.25, -0.2) is 13.4 Å². The van der Waals surface area contributed by atoms with Gasteiger partial charge in [0.25, 0.3) is 0 Å². The average molecular weight is 592 g/mol. The minimum absolute atomic E-state index is 0.0557. The van der Waals surface area contributed by atoms with Crippen molar-refractivity contribution in [3.05, 3.63) is 64.8 Å². The molecule has 3 N–H and O–H groups in total. The van der Waals surface area contributed by atoms with Crippen molar-refractivity contribution >= 4 is 43.8 Å². The maximum Gasteiger partial charge on any atom is 0.226 e. The van der Waals surface area contributed by atoms with Crippen LogP contribution in [0.2, 0.25) is 5.02 Å². The van der Waals surface area contributed by atoms with E-state index in [-0.39, 0.29) is 28.4 Å². The van der Waals surface area contributed by atoms with Crippen LogP contribution in [0.15, 0.2) is 53.4 Å². The van der Waals surface area contributed by atoms with Crippen molar-refractivity contribution < 1.29 is 23.1 Å². The smallest absolute Gasteiger partial charge is 0.226 e. The Bertz CT molecular complexity index is 1380. The van der Waals surface area contributed by atoms with Crippen LogP contribution in [0.3, 0.4) is 0 Å². The predicted molar refractivity (Wildman–Crippen MR) is 155 cm³/mol. The Kier molecular flexibility index (Phi) is 10.1. The topological polar surface area (TPSA) is 118 Å². The van der Waals surface area contributed by atoms with Gasteiger partial charge in [0.2, 0.25) is 5.91 Å². The van der Waals surface area contributed by atoms with Crippen LogP contribution < -0.4 is 10.6 Å². The molecular formula is C28H34ClN3O5S2. The fourth-order valence-electron chi connectivity index (χ4n) is 4.68. The lowest BCUT2D eigenvalue weighted by Gasteiger charge is -2.27. The van der Waals surface area contributed by atoms with Crippen LogP contribution in [0.5, 0.6) is 0 Å². The number of nitrogens with one attached hydrogen (secondary N) is 2. The predicted octanol–water partition coefficient (Wildman–Crippen LogP) is 5.50. The lowest BCUT2D eigenvalue weighted by molar-refractivity contribution is -0.152. The molecule has 0 saturated heterocycles. The summed E-state index contributed by atoms with van der Waals surface area (Å²) in [6.07, 6.45) is 5.21. The van der Waals surface area contributed by atoms with Gasteiger partial charge in [-0.15, -0.1) is 0 Å². The van der Waals surface area contributed by atoms with Gasteiger partial charge in [-0.1, -0.05) is 72.2 Å². The van der Waals surface area contributed by atoms with Gasteiger partial charge in [0.1, 0.15) is 0 Å². The summed E-state index contributed by atoms with van der Waals surface area (Å²) < 4.78 is 30.0. The summed E-state index contributed by atoms with van der Waals surface area (Å²) in [6.45, 7) is 2.32. The van der Waals surface area contributed by atoms with E-state index in [1.54, 1.807) is 12.1 Å². The average Bonchev–Trinajstić information content (AvgIpc) is 3.53. The Labute approximate surface area is 238 Å². The van der Waals surface area contributed by atoms with Crippen molar-refractivity contribution in [1.29, 1.82) is 0 Å². The first kappa shape index (κ1) is 29.6. The molecule has 8 nitrogen and oxygen atoms in total. The van der Waals surface area contributed by atoms with Gasteiger partial charge in [-0.3, -0.25) is 4.79 Å². The van der Waals surface area contributed by atoms with Crippen LogP contribution in [0, 0.1) is 6.92 Å². The quantitative estimate of drug-likeness (QED) is 0.188. The standard InChI is InChI=1S/C28H34ClN3O5S2/c1-18-26(20-14-15-22(29)23(17-20)39(2,35)36)38-28(31-18)32-24(33)13-8-16-30-25(19-9-4-3-5-10-19)27(34)37-21-11-6-7-12-21/h3-5,9-10,14-15,17,21,25,27,30,34H,6-8,11-13,16H2,1-2H3,(H,31,32,33)/t25-,27?/m0/s1. The molecule has 0 bridgehead atoms. The number of ether oxygens (including phenoxy) is 1. The molecule has 39 heavy (non-hydrogen) atoms. The van der Waals surface area contributed by atoms with E-state index in [2.05, 4.69) is 15.6 Å². The molecule has 1 heterocycles. The number of carbonyl (C=O) groups excluding carboxylic acids is 1. The van der Waals surface area contributed by atoms with E-state index < -0.39 is 22.2 Å². The molecule has 4 rings (SSSR count). The second-order valence-corrected chi connectivity index (χ2v) is 13.2. The number of aryl methyl sites for hydroxylation is 1. The minimum atomic E-state index is -3.48. The summed E-state index contributed by atoms with van der Waals surface area (Å²) in [4.78, 5) is 17.9. The molecule has 2 aromatic carbocycles. The molecule has 0 radical (unpaired) electrons. The van der Waals surface area contributed by atoms with E-state index in [0.29, 0.717) is 29.4 Å². The monoisotopic (exact) mass is 591 g/mol. The molecule has 0 aliphatic heterocycles. The van der Waals surface area contributed by atoms with Gasteiger partial charge in [0.05, 0.1) is 32.6 Å². The van der Waals surface area contributed by atoms with Crippen molar-refractivity contribution in [2.24, 2.45) is 0 Å². The molecule has 1 amide bonds. The normalized spacial score (nSPS) is 15.8. The molecule has 1 unspecified atom stereocenters. The van der Waals surface area contributed by atoms with Gasteiger partial charge < -0.3 is 20.5 Å². The summed E-state index contributed by atoms with van der Waals surface area (Å²) in [5.74, 6) is -0.177. The number of rotatable bonds is 12. The molecule has 0 spiro atoms. The Morgan fingerprint density at radius 3 is 2.62 bits per heavy atom. The number of benzene rings is 2. The number of anilines is 1. The van der Waals surface area contributed by atoms with Crippen molar-refractivity contribution in [1.82, 2.24) is 10.3 Å². The zero-order valence-corrected chi connectivity index (χ0v) is 24.4. The molecule has 1 saturated carbocycles. The van der Waals surface area contributed by atoms with Crippen molar-refractivity contribution in [3.8, 4) is 10.4 Å². The van der Waals surface area contributed by atoms with Crippen LogP contribution in [-0.4, -0.2) is 49.6 Å². The fraction of sp³-hybridized carbons (Fsp3) is 0.429. The molecule has 2 atom stereocenters. The highest BCUT2D eigenvalue weighted by molar-refractivity contribution is 7.90. The molecule has 210 valence electrons. The Hall–Kier alpha value is -2.34. The summed E-state index contributed by atoms with van der Waals surface area (Å²) in [5.41, 5.74) is 2.28. The largest absolute Gasteiger partial charge is 0.366 e. The number of aliphatic hydroxyl groups excluding tert-OH is 1. The van der Waals surface area contributed by atoms with Crippen LogP contribution in [0.1, 0.15) is 55.8 Å². The van der Waals surface area contributed by atoms with E-state index in [1.807, 2.05) is 37.3 Å². The molecule has 1 fully saturated rings. The van der Waals surface area contributed by atoms with Gasteiger partial charge in [0, 0.05) is 12.7 Å². The van der Waals surface area contributed by atoms with E-state index in [4.69, 9.17) is 16.3 Å². The second-order valence-electron chi connectivity index (χ2n) is 9.78. The summed E-state index contributed by atoms with van der Waals surface area (Å²) in [7, 11) is -3.48. The van der Waals surface area contributed by atoms with Crippen molar-refractivity contribution in [2.45, 2.75) is 68.8 Å². The molecule has 11 heteroatoms. The molecule has 1 aromatic heterocycles. The number of hydrogen-bond acceptors (Lipinski definition) is 8. The fourth-order valence-corrected chi connectivity index (χ4v) is 6.96. The summed E-state index contributed by atoms with van der Waals surface area (Å²) in [5, 5.41) is 17.6. The number of nitrogens with zero attached hydrogens (tertiary/aromatic N) is 1. The number of sulfone groups is 1. The van der Waals surface area contributed by atoms with Gasteiger partial charge in [-0.05, 0) is 56.0 Å². The highest BCUT2D eigenvalue weighted by Crippen LogP contribution is 2.36. The minimum Gasteiger partial charge on any atom is -0.366 e. The molecule has 1 aliphatic rings. The van der Waals surface area contributed by atoms with E-state index in [9.17, 15) is 18.3 Å². The lowest BCUT2D eigenvalue weighted by Crippen LogP contribution is -2.36. The number of aromatic nitrogens is 1. The zero-order chi connectivity index (χ0) is 28.0. The number of hydrogen-bond donors (Lipinski definition) is 3. The Morgan fingerprint density at radius 2 is 1.92 bits per heavy atom. The third kappa shape index (κ3) is 8.09. The van der Waals surface area contributed by atoms with Gasteiger partial charge in [-0.2, -0.15) is 0 Å². The van der Waals surface area contributed by atoms with Crippen LogP contribution in [0.25, 0.3) is 10.4 Å². The highest BCUT2D eigenvalue weighted by atomic mass is 35.5. The van der Waals surface area contributed by atoms with E-state index in [1.165, 1.54) is 17.4 Å². The first-order valence-corrected chi connectivity index (χ1v) is 16.1.